The van der Waals surface area contributed by atoms with Gasteiger partial charge in [-0.05, 0) is 51.6 Å². The molecule has 3 fully saturated rings. The summed E-state index contributed by atoms with van der Waals surface area (Å²) in [6.07, 6.45) is 9.72. The Hall–Kier alpha value is -0.120. The maximum absolute atomic E-state index is 11.0. The van der Waals surface area contributed by atoms with E-state index in [2.05, 4.69) is 4.90 Å². The molecule has 3 nitrogen and oxygen atoms in total. The van der Waals surface area contributed by atoms with Crippen molar-refractivity contribution in [3.05, 3.63) is 0 Å². The fourth-order valence-corrected chi connectivity index (χ4v) is 4.40. The lowest BCUT2D eigenvalue weighted by atomic mass is 9.79. The van der Waals surface area contributed by atoms with Crippen molar-refractivity contribution in [1.29, 1.82) is 0 Å². The molecule has 0 amide bonds. The van der Waals surface area contributed by atoms with Gasteiger partial charge in [0, 0.05) is 18.1 Å². The summed E-state index contributed by atoms with van der Waals surface area (Å²) < 4.78 is 5.59. The summed E-state index contributed by atoms with van der Waals surface area (Å²) in [6, 6.07) is 0. The highest BCUT2D eigenvalue weighted by atomic mass is 16.5. The standard InChI is InChI=1S/C15H27NO2/c17-14(13-6-5-11-18-12-13)15(7-1-2-8-15)16-9-3-4-10-16/h13-14,17H,1-12H2. The summed E-state index contributed by atoms with van der Waals surface area (Å²) in [5.41, 5.74) is 0.0991. The zero-order valence-electron chi connectivity index (χ0n) is 11.4. The maximum Gasteiger partial charge on any atom is 0.0773 e. The van der Waals surface area contributed by atoms with Crippen LogP contribution in [-0.4, -0.2) is 48.0 Å². The van der Waals surface area contributed by atoms with Gasteiger partial charge >= 0.3 is 0 Å². The Morgan fingerprint density at radius 1 is 1.06 bits per heavy atom. The van der Waals surface area contributed by atoms with Gasteiger partial charge in [0.05, 0.1) is 12.7 Å². The van der Waals surface area contributed by atoms with Crippen molar-refractivity contribution in [2.45, 2.75) is 63.0 Å². The highest BCUT2D eigenvalue weighted by Crippen LogP contribution is 2.43. The molecular weight excluding hydrogens is 226 g/mol. The number of nitrogens with zero attached hydrogens (tertiary/aromatic N) is 1. The van der Waals surface area contributed by atoms with Crippen LogP contribution < -0.4 is 0 Å². The van der Waals surface area contributed by atoms with Crippen molar-refractivity contribution >= 4 is 0 Å². The molecule has 2 unspecified atom stereocenters. The minimum atomic E-state index is -0.168. The first-order valence-corrected chi connectivity index (χ1v) is 7.84. The van der Waals surface area contributed by atoms with Gasteiger partial charge in [0.1, 0.15) is 0 Å². The highest BCUT2D eigenvalue weighted by molar-refractivity contribution is 5.03. The van der Waals surface area contributed by atoms with E-state index in [9.17, 15) is 5.11 Å². The van der Waals surface area contributed by atoms with Crippen LogP contribution in [0.25, 0.3) is 0 Å². The van der Waals surface area contributed by atoms with Crippen LogP contribution in [0, 0.1) is 5.92 Å². The Morgan fingerprint density at radius 2 is 1.78 bits per heavy atom. The predicted octanol–water partition coefficient (Wildman–Crippen LogP) is 2.18. The van der Waals surface area contributed by atoms with Gasteiger partial charge < -0.3 is 9.84 Å². The summed E-state index contributed by atoms with van der Waals surface area (Å²) in [7, 11) is 0. The molecule has 3 heteroatoms. The molecule has 0 bridgehead atoms. The Bertz CT molecular complexity index is 264. The van der Waals surface area contributed by atoms with E-state index in [4.69, 9.17) is 4.74 Å². The van der Waals surface area contributed by atoms with E-state index in [1.807, 2.05) is 0 Å². The molecule has 2 heterocycles. The number of likely N-dealkylation sites (tertiary alicyclic amines) is 1. The number of hydrogen-bond donors (Lipinski definition) is 1. The molecule has 0 aromatic heterocycles. The second-order valence-corrected chi connectivity index (χ2v) is 6.43. The molecule has 2 aliphatic heterocycles. The van der Waals surface area contributed by atoms with Crippen LogP contribution in [0.5, 0.6) is 0 Å². The average molecular weight is 253 g/mol. The topological polar surface area (TPSA) is 32.7 Å². The molecule has 1 aliphatic carbocycles. The van der Waals surface area contributed by atoms with Gasteiger partial charge in [-0.2, -0.15) is 0 Å². The van der Waals surface area contributed by atoms with Crippen molar-refractivity contribution in [3.63, 3.8) is 0 Å². The normalized spacial score (nSPS) is 34.8. The van der Waals surface area contributed by atoms with Crippen molar-refractivity contribution in [2.24, 2.45) is 5.92 Å². The Kier molecular flexibility index (Phi) is 3.92. The third-order valence-corrected chi connectivity index (χ3v) is 5.40. The third kappa shape index (κ3) is 2.21. The van der Waals surface area contributed by atoms with E-state index in [1.165, 1.54) is 51.6 Å². The summed E-state index contributed by atoms with van der Waals surface area (Å²) in [5.74, 6) is 0.373. The number of ether oxygens (including phenoxy) is 1. The van der Waals surface area contributed by atoms with Crippen molar-refractivity contribution in [3.8, 4) is 0 Å². The summed E-state index contributed by atoms with van der Waals surface area (Å²) >= 11 is 0. The van der Waals surface area contributed by atoms with E-state index < -0.39 is 0 Å². The summed E-state index contributed by atoms with van der Waals surface area (Å²) in [5, 5.41) is 11.0. The van der Waals surface area contributed by atoms with Crippen LogP contribution in [0.4, 0.5) is 0 Å². The lowest BCUT2D eigenvalue weighted by Gasteiger charge is -2.46. The molecule has 0 radical (unpaired) electrons. The smallest absolute Gasteiger partial charge is 0.0773 e. The first kappa shape index (κ1) is 12.9. The van der Waals surface area contributed by atoms with Gasteiger partial charge in [0.2, 0.25) is 0 Å². The van der Waals surface area contributed by atoms with Crippen molar-refractivity contribution < 1.29 is 9.84 Å². The molecule has 104 valence electrons. The third-order valence-electron chi connectivity index (χ3n) is 5.40. The second-order valence-electron chi connectivity index (χ2n) is 6.43. The molecule has 2 atom stereocenters. The molecule has 1 N–H and O–H groups in total. The van der Waals surface area contributed by atoms with E-state index in [1.54, 1.807) is 0 Å². The number of aliphatic hydroxyl groups is 1. The predicted molar refractivity (Wildman–Crippen MR) is 71.6 cm³/mol. The number of aliphatic hydroxyl groups excluding tert-OH is 1. The number of rotatable bonds is 3. The minimum Gasteiger partial charge on any atom is -0.391 e. The SMILES string of the molecule is OC(C1CCCOC1)C1(N2CCCC2)CCCC1. The lowest BCUT2D eigenvalue weighted by Crippen LogP contribution is -2.57. The summed E-state index contributed by atoms with van der Waals surface area (Å²) in [6.45, 7) is 4.06. The van der Waals surface area contributed by atoms with Crippen molar-refractivity contribution in [2.75, 3.05) is 26.3 Å². The lowest BCUT2D eigenvalue weighted by molar-refractivity contribution is -0.0868. The highest BCUT2D eigenvalue weighted by Gasteiger charge is 2.48. The van der Waals surface area contributed by atoms with E-state index in [-0.39, 0.29) is 11.6 Å². The van der Waals surface area contributed by atoms with Gasteiger partial charge in [-0.1, -0.05) is 12.8 Å². The molecule has 0 spiro atoms. The fourth-order valence-electron chi connectivity index (χ4n) is 4.40. The minimum absolute atomic E-state index is 0.0991. The molecule has 0 aromatic rings. The van der Waals surface area contributed by atoms with E-state index in [0.717, 1.165) is 26.1 Å². The summed E-state index contributed by atoms with van der Waals surface area (Å²) in [4.78, 5) is 2.61. The second kappa shape index (κ2) is 5.48. The van der Waals surface area contributed by atoms with Crippen LogP contribution in [-0.2, 0) is 4.74 Å². The largest absolute Gasteiger partial charge is 0.391 e. The molecular formula is C15H27NO2. The van der Waals surface area contributed by atoms with Crippen LogP contribution in [0.15, 0.2) is 0 Å². The van der Waals surface area contributed by atoms with Crippen LogP contribution in [0.1, 0.15) is 51.4 Å². The van der Waals surface area contributed by atoms with Gasteiger partial charge in [-0.3, -0.25) is 4.90 Å². The fraction of sp³-hybridized carbons (Fsp3) is 1.00. The first-order valence-electron chi connectivity index (χ1n) is 7.84. The van der Waals surface area contributed by atoms with E-state index in [0.29, 0.717) is 5.92 Å². The monoisotopic (exact) mass is 253 g/mol. The van der Waals surface area contributed by atoms with Crippen LogP contribution >= 0.6 is 0 Å². The average Bonchev–Trinajstić information content (AvgIpc) is 3.10. The Balaban J connectivity index is 1.75. The first-order chi connectivity index (χ1) is 8.83. The van der Waals surface area contributed by atoms with Crippen molar-refractivity contribution in [1.82, 2.24) is 4.90 Å². The maximum atomic E-state index is 11.0. The quantitative estimate of drug-likeness (QED) is 0.837. The van der Waals surface area contributed by atoms with Crippen LogP contribution in [0.3, 0.4) is 0 Å². The van der Waals surface area contributed by atoms with Crippen LogP contribution in [0.2, 0.25) is 0 Å². The Morgan fingerprint density at radius 3 is 2.39 bits per heavy atom. The molecule has 18 heavy (non-hydrogen) atoms. The molecule has 1 saturated carbocycles. The molecule has 3 aliphatic rings. The van der Waals surface area contributed by atoms with Gasteiger partial charge in [0.15, 0.2) is 0 Å². The van der Waals surface area contributed by atoms with Gasteiger partial charge in [-0.25, -0.2) is 0 Å². The van der Waals surface area contributed by atoms with Gasteiger partial charge in [0.25, 0.3) is 0 Å². The molecule has 0 aromatic carbocycles. The van der Waals surface area contributed by atoms with E-state index >= 15 is 0 Å². The molecule has 2 saturated heterocycles. The Labute approximate surface area is 110 Å². The van der Waals surface area contributed by atoms with Gasteiger partial charge in [-0.15, -0.1) is 0 Å². The number of hydrogen-bond acceptors (Lipinski definition) is 3. The molecule has 3 rings (SSSR count). The zero-order valence-corrected chi connectivity index (χ0v) is 11.4. The zero-order chi connectivity index (χ0) is 12.4.